The number of esters is 2. The van der Waals surface area contributed by atoms with Gasteiger partial charge in [0.25, 0.3) is 0 Å². The topological polar surface area (TPSA) is 82.0 Å². The molecule has 1 atom stereocenters. The summed E-state index contributed by atoms with van der Waals surface area (Å²) in [7, 11) is 2.61. The first-order valence-corrected chi connectivity index (χ1v) is 8.77. The van der Waals surface area contributed by atoms with E-state index in [4.69, 9.17) is 9.47 Å². The van der Waals surface area contributed by atoms with E-state index in [1.54, 1.807) is 6.08 Å². The van der Waals surface area contributed by atoms with E-state index in [2.05, 4.69) is 4.99 Å². The van der Waals surface area contributed by atoms with E-state index in [-0.39, 0.29) is 24.2 Å². The molecule has 0 aliphatic heterocycles. The molecule has 0 spiro atoms. The molecule has 0 heterocycles. The summed E-state index contributed by atoms with van der Waals surface area (Å²) in [6, 6.07) is 13.7. The smallest absolute Gasteiger partial charge is 0.335 e. The lowest BCUT2D eigenvalue weighted by Crippen LogP contribution is -2.53. The number of aliphatic imine (C=N–C) groups is 1. The fourth-order valence-electron chi connectivity index (χ4n) is 3.84. The predicted octanol–water partition coefficient (Wildman–Crippen LogP) is 2.83. The van der Waals surface area contributed by atoms with Gasteiger partial charge in [0, 0.05) is 6.42 Å². The first-order chi connectivity index (χ1) is 13.0. The van der Waals surface area contributed by atoms with Crippen LogP contribution in [0.4, 0.5) is 0 Å². The Morgan fingerprint density at radius 3 is 2.44 bits per heavy atom. The molecule has 0 radical (unpaired) electrons. The summed E-state index contributed by atoms with van der Waals surface area (Å²) < 4.78 is 9.74. The third-order valence-electron chi connectivity index (χ3n) is 5.42. The highest BCUT2D eigenvalue weighted by Crippen LogP contribution is 2.45. The molecule has 1 aliphatic rings. The molecule has 140 valence electrons. The first-order valence-electron chi connectivity index (χ1n) is 8.77. The number of nitrogens with zero attached hydrogens (tertiary/aromatic N) is 1. The molecule has 0 saturated heterocycles. The van der Waals surface area contributed by atoms with E-state index in [0.29, 0.717) is 12.8 Å². The zero-order valence-corrected chi connectivity index (χ0v) is 15.3. The molecule has 2 aromatic carbocycles. The van der Waals surface area contributed by atoms with Crippen LogP contribution >= 0.6 is 0 Å². The number of fused-ring (bicyclic) bond motifs is 1. The van der Waals surface area contributed by atoms with E-state index in [0.717, 1.165) is 16.3 Å². The molecular weight excluding hydrogens is 346 g/mol. The van der Waals surface area contributed by atoms with Crippen LogP contribution in [0.3, 0.4) is 0 Å². The Balaban J connectivity index is 1.95. The minimum atomic E-state index is -1.39. The van der Waals surface area contributed by atoms with Crippen LogP contribution in [0.25, 0.3) is 10.8 Å². The summed E-state index contributed by atoms with van der Waals surface area (Å²) in [4.78, 5) is 39.5. The lowest BCUT2D eigenvalue weighted by Gasteiger charge is -2.43. The lowest BCUT2D eigenvalue weighted by molar-refractivity contribution is -0.159. The number of carbonyl (C=O) groups is 2. The summed E-state index contributed by atoms with van der Waals surface area (Å²) in [5, 5.41) is 2.11. The summed E-state index contributed by atoms with van der Waals surface area (Å²) in [5.74, 6) is -1.48. The number of rotatable bonds is 6. The predicted molar refractivity (Wildman–Crippen MR) is 98.8 cm³/mol. The van der Waals surface area contributed by atoms with Gasteiger partial charge in [0.1, 0.15) is 0 Å². The van der Waals surface area contributed by atoms with Crippen molar-refractivity contribution >= 4 is 28.8 Å². The van der Waals surface area contributed by atoms with E-state index in [9.17, 15) is 14.4 Å². The van der Waals surface area contributed by atoms with Gasteiger partial charge in [0.15, 0.2) is 5.54 Å². The van der Waals surface area contributed by atoms with Gasteiger partial charge < -0.3 is 9.47 Å². The minimum Gasteiger partial charge on any atom is -0.469 e. The van der Waals surface area contributed by atoms with Crippen molar-refractivity contribution in [2.24, 2.45) is 16.8 Å². The number of isocyanates is 1. The van der Waals surface area contributed by atoms with Crippen LogP contribution in [-0.2, 0) is 30.3 Å². The number of carbonyl (C=O) groups excluding carboxylic acids is 3. The zero-order chi connectivity index (χ0) is 19.4. The summed E-state index contributed by atoms with van der Waals surface area (Å²) in [6.07, 6.45) is 2.59. The molecule has 0 N–H and O–H groups in total. The maximum Gasteiger partial charge on any atom is 0.335 e. The van der Waals surface area contributed by atoms with Crippen LogP contribution in [-0.4, -0.2) is 37.8 Å². The summed E-state index contributed by atoms with van der Waals surface area (Å²) >= 11 is 0. The number of hydrogen-bond acceptors (Lipinski definition) is 6. The lowest BCUT2D eigenvalue weighted by atomic mass is 9.63. The molecule has 1 aliphatic carbocycles. The van der Waals surface area contributed by atoms with E-state index < -0.39 is 11.5 Å². The highest BCUT2D eigenvalue weighted by molar-refractivity contribution is 5.86. The number of ether oxygens (including phenoxy) is 2. The molecule has 2 aromatic rings. The van der Waals surface area contributed by atoms with Gasteiger partial charge in [-0.2, -0.15) is 4.99 Å². The van der Waals surface area contributed by atoms with Crippen molar-refractivity contribution < 1.29 is 23.9 Å². The highest BCUT2D eigenvalue weighted by Gasteiger charge is 2.54. The van der Waals surface area contributed by atoms with Gasteiger partial charge in [-0.1, -0.05) is 42.5 Å². The Labute approximate surface area is 157 Å². The average molecular weight is 367 g/mol. The van der Waals surface area contributed by atoms with Gasteiger partial charge in [-0.05, 0) is 35.1 Å². The van der Waals surface area contributed by atoms with E-state index >= 15 is 0 Å². The Morgan fingerprint density at radius 1 is 1.11 bits per heavy atom. The minimum absolute atomic E-state index is 0.207. The SMILES string of the molecule is COC(=O)C1CC(C(Cc2ccc3ccccc3c2)(N=C=O)C(=O)OC)C1. The molecule has 3 rings (SSSR count). The largest absolute Gasteiger partial charge is 0.469 e. The third kappa shape index (κ3) is 3.49. The Morgan fingerprint density at radius 2 is 1.81 bits per heavy atom. The molecule has 6 nitrogen and oxygen atoms in total. The van der Waals surface area contributed by atoms with Gasteiger partial charge >= 0.3 is 11.9 Å². The van der Waals surface area contributed by atoms with Crippen molar-refractivity contribution in [3.63, 3.8) is 0 Å². The van der Waals surface area contributed by atoms with Crippen LogP contribution in [0.15, 0.2) is 47.5 Å². The average Bonchev–Trinajstić information content (AvgIpc) is 2.65. The van der Waals surface area contributed by atoms with Gasteiger partial charge in [-0.25, -0.2) is 9.59 Å². The van der Waals surface area contributed by atoms with Crippen LogP contribution in [0.1, 0.15) is 18.4 Å². The maximum atomic E-state index is 12.7. The molecule has 0 aromatic heterocycles. The second-order valence-electron chi connectivity index (χ2n) is 6.87. The van der Waals surface area contributed by atoms with Gasteiger partial charge in [-0.15, -0.1) is 0 Å². The molecule has 0 amide bonds. The van der Waals surface area contributed by atoms with Crippen molar-refractivity contribution in [2.45, 2.75) is 24.8 Å². The standard InChI is InChI=1S/C21H21NO5/c1-26-19(24)17-10-18(11-17)21(22-13-23,20(25)27-2)12-14-7-8-15-5-3-4-6-16(15)9-14/h3-9,17-18H,10-12H2,1-2H3. The number of benzene rings is 2. The first kappa shape index (κ1) is 18.8. The Kier molecular flexibility index (Phi) is 5.38. The van der Waals surface area contributed by atoms with Crippen molar-refractivity contribution in [3.8, 4) is 0 Å². The van der Waals surface area contributed by atoms with Crippen molar-refractivity contribution in [1.29, 1.82) is 0 Å². The maximum absolute atomic E-state index is 12.7. The quantitative estimate of drug-likeness (QED) is 0.445. The van der Waals surface area contributed by atoms with Gasteiger partial charge in [0.2, 0.25) is 6.08 Å². The van der Waals surface area contributed by atoms with Crippen LogP contribution < -0.4 is 0 Å². The molecule has 27 heavy (non-hydrogen) atoms. The van der Waals surface area contributed by atoms with Crippen LogP contribution in [0, 0.1) is 11.8 Å². The second-order valence-corrected chi connectivity index (χ2v) is 6.87. The van der Waals surface area contributed by atoms with Crippen LogP contribution in [0.2, 0.25) is 0 Å². The monoisotopic (exact) mass is 367 g/mol. The second kappa shape index (κ2) is 7.72. The Hall–Kier alpha value is -2.98. The summed E-state index contributed by atoms with van der Waals surface area (Å²) in [5.41, 5.74) is -0.525. The van der Waals surface area contributed by atoms with Gasteiger partial charge in [-0.3, -0.25) is 4.79 Å². The van der Waals surface area contributed by atoms with Crippen LogP contribution in [0.5, 0.6) is 0 Å². The number of hydrogen-bond donors (Lipinski definition) is 0. The highest BCUT2D eigenvalue weighted by atomic mass is 16.5. The fraction of sp³-hybridized carbons (Fsp3) is 0.381. The molecule has 6 heteroatoms. The van der Waals surface area contributed by atoms with E-state index in [1.807, 2.05) is 42.5 Å². The zero-order valence-electron chi connectivity index (χ0n) is 15.3. The molecule has 1 saturated carbocycles. The fourth-order valence-corrected chi connectivity index (χ4v) is 3.84. The summed E-state index contributed by atoms with van der Waals surface area (Å²) in [6.45, 7) is 0. The molecular formula is C21H21NO5. The van der Waals surface area contributed by atoms with Crippen molar-refractivity contribution in [2.75, 3.05) is 14.2 Å². The third-order valence-corrected chi connectivity index (χ3v) is 5.42. The molecule has 1 fully saturated rings. The van der Waals surface area contributed by atoms with Crippen molar-refractivity contribution in [1.82, 2.24) is 0 Å². The normalized spacial score (nSPS) is 20.7. The Bertz CT molecular complexity index is 912. The molecule has 1 unspecified atom stereocenters. The van der Waals surface area contributed by atoms with Gasteiger partial charge in [0.05, 0.1) is 20.1 Å². The van der Waals surface area contributed by atoms with E-state index in [1.165, 1.54) is 14.2 Å². The van der Waals surface area contributed by atoms with Crippen molar-refractivity contribution in [3.05, 3.63) is 48.0 Å². The number of methoxy groups -OCH3 is 2. The molecule has 0 bridgehead atoms.